The third kappa shape index (κ3) is 4.03. The van der Waals surface area contributed by atoms with Crippen LogP contribution in [-0.2, 0) is 0 Å². The zero-order chi connectivity index (χ0) is 17.1. The predicted octanol–water partition coefficient (Wildman–Crippen LogP) is 3.37. The van der Waals surface area contributed by atoms with Gasteiger partial charge in [-0.15, -0.1) is 11.3 Å². The molecule has 0 radical (unpaired) electrons. The minimum absolute atomic E-state index is 0.0198. The van der Waals surface area contributed by atoms with Crippen LogP contribution in [0.2, 0.25) is 0 Å². The summed E-state index contributed by atoms with van der Waals surface area (Å²) in [5.41, 5.74) is 1.98. The lowest BCUT2D eigenvalue weighted by molar-refractivity contribution is 0.232. The van der Waals surface area contributed by atoms with Gasteiger partial charge in [0.05, 0.1) is 19.2 Å². The smallest absolute Gasteiger partial charge is 0.315 e. The van der Waals surface area contributed by atoms with Gasteiger partial charge in [-0.3, -0.25) is 0 Å². The Bertz CT molecular complexity index is 697. The van der Waals surface area contributed by atoms with Gasteiger partial charge in [-0.2, -0.15) is 0 Å². The summed E-state index contributed by atoms with van der Waals surface area (Å²) in [5.74, 6) is 1.05. The van der Waals surface area contributed by atoms with Gasteiger partial charge < -0.3 is 15.4 Å². The van der Waals surface area contributed by atoms with Crippen LogP contribution in [0.25, 0.3) is 0 Å². The fourth-order valence-corrected chi connectivity index (χ4v) is 3.42. The van der Waals surface area contributed by atoms with Crippen LogP contribution in [-0.4, -0.2) is 23.1 Å². The lowest BCUT2D eigenvalue weighted by Gasteiger charge is -2.20. The molecule has 0 aliphatic heterocycles. The van der Waals surface area contributed by atoms with Crippen molar-refractivity contribution in [2.24, 2.45) is 5.92 Å². The van der Waals surface area contributed by atoms with Crippen LogP contribution in [0.5, 0.6) is 5.88 Å². The van der Waals surface area contributed by atoms with Crippen molar-refractivity contribution in [3.05, 3.63) is 40.0 Å². The van der Waals surface area contributed by atoms with E-state index in [0.717, 1.165) is 29.1 Å². The SMILES string of the molecule is COc1ccc(C(NC(=O)NC(C)c2nc(C)cs2)C2CC2)cn1. The highest BCUT2D eigenvalue weighted by molar-refractivity contribution is 7.09. The highest BCUT2D eigenvalue weighted by atomic mass is 32.1. The highest BCUT2D eigenvalue weighted by Crippen LogP contribution is 2.41. The van der Waals surface area contributed by atoms with Crippen molar-refractivity contribution in [3.63, 3.8) is 0 Å². The van der Waals surface area contributed by atoms with Crippen molar-refractivity contribution in [1.29, 1.82) is 0 Å². The molecule has 1 fully saturated rings. The molecule has 1 aliphatic rings. The number of pyridine rings is 1. The molecule has 2 aromatic rings. The van der Waals surface area contributed by atoms with Crippen LogP contribution in [0.15, 0.2) is 23.7 Å². The second-order valence-electron chi connectivity index (χ2n) is 6.12. The van der Waals surface area contributed by atoms with E-state index < -0.39 is 0 Å². The van der Waals surface area contributed by atoms with Crippen molar-refractivity contribution in [1.82, 2.24) is 20.6 Å². The molecular weight excluding hydrogens is 324 g/mol. The van der Waals surface area contributed by atoms with E-state index in [1.165, 1.54) is 0 Å². The van der Waals surface area contributed by atoms with Crippen molar-refractivity contribution in [2.75, 3.05) is 7.11 Å². The third-order valence-electron chi connectivity index (χ3n) is 4.06. The van der Waals surface area contributed by atoms with Crippen molar-refractivity contribution in [2.45, 2.75) is 38.8 Å². The lowest BCUT2D eigenvalue weighted by Crippen LogP contribution is -2.40. The van der Waals surface area contributed by atoms with E-state index in [1.807, 2.05) is 31.4 Å². The number of methoxy groups -OCH3 is 1. The topological polar surface area (TPSA) is 76.1 Å². The number of hydrogen-bond donors (Lipinski definition) is 2. The Hall–Kier alpha value is -2.15. The minimum Gasteiger partial charge on any atom is -0.481 e. The summed E-state index contributed by atoms with van der Waals surface area (Å²) in [6.07, 6.45) is 4.02. The molecule has 2 atom stereocenters. The molecule has 0 aromatic carbocycles. The highest BCUT2D eigenvalue weighted by Gasteiger charge is 2.34. The van der Waals surface area contributed by atoms with E-state index in [2.05, 4.69) is 20.6 Å². The molecule has 2 amide bonds. The molecule has 24 heavy (non-hydrogen) atoms. The molecule has 6 nitrogen and oxygen atoms in total. The van der Waals surface area contributed by atoms with Crippen LogP contribution in [0.3, 0.4) is 0 Å². The van der Waals surface area contributed by atoms with E-state index >= 15 is 0 Å². The normalized spacial score (nSPS) is 16.3. The van der Waals surface area contributed by atoms with Gasteiger partial charge in [0.1, 0.15) is 5.01 Å². The number of aryl methyl sites for hydroxylation is 1. The van der Waals surface area contributed by atoms with E-state index in [0.29, 0.717) is 11.8 Å². The molecule has 128 valence electrons. The number of carbonyl (C=O) groups excluding carboxylic acids is 1. The Balaban J connectivity index is 1.63. The molecule has 0 saturated heterocycles. The summed E-state index contributed by atoms with van der Waals surface area (Å²) in [5, 5.41) is 8.96. The van der Waals surface area contributed by atoms with E-state index in [-0.39, 0.29) is 18.1 Å². The molecule has 7 heteroatoms. The Morgan fingerprint density at radius 3 is 2.71 bits per heavy atom. The predicted molar refractivity (Wildman–Crippen MR) is 93.2 cm³/mol. The second kappa shape index (κ2) is 7.17. The standard InChI is InChI=1S/C17H22N4O2S/c1-10-9-24-16(19-10)11(2)20-17(22)21-15(12-4-5-12)13-6-7-14(23-3)18-8-13/h6-9,11-12,15H,4-5H2,1-3H3,(H2,20,21,22). The maximum atomic E-state index is 12.4. The molecule has 3 rings (SSSR count). The molecule has 0 spiro atoms. The van der Waals surface area contributed by atoms with Crippen LogP contribution >= 0.6 is 11.3 Å². The number of thiazole rings is 1. The number of amides is 2. The summed E-state index contributed by atoms with van der Waals surface area (Å²) >= 11 is 1.56. The van der Waals surface area contributed by atoms with E-state index in [9.17, 15) is 4.79 Å². The fraction of sp³-hybridized carbons (Fsp3) is 0.471. The van der Waals surface area contributed by atoms with Crippen molar-refractivity contribution in [3.8, 4) is 5.88 Å². The Labute approximate surface area is 145 Å². The number of aromatic nitrogens is 2. The van der Waals surface area contributed by atoms with Crippen molar-refractivity contribution >= 4 is 17.4 Å². The summed E-state index contributed by atoms with van der Waals surface area (Å²) in [6.45, 7) is 3.89. The van der Waals surface area contributed by atoms with E-state index in [4.69, 9.17) is 4.74 Å². The zero-order valence-corrected chi connectivity index (χ0v) is 14.9. The average Bonchev–Trinajstić information content (AvgIpc) is 3.33. The number of carbonyl (C=O) groups is 1. The Morgan fingerprint density at radius 2 is 2.17 bits per heavy atom. The van der Waals surface area contributed by atoms with Gasteiger partial charge in [-0.1, -0.05) is 6.07 Å². The van der Waals surface area contributed by atoms with Gasteiger partial charge in [-0.05, 0) is 38.2 Å². The largest absolute Gasteiger partial charge is 0.481 e. The first-order valence-corrected chi connectivity index (χ1v) is 8.93. The Morgan fingerprint density at radius 1 is 1.38 bits per heavy atom. The molecule has 0 bridgehead atoms. The van der Waals surface area contributed by atoms with Gasteiger partial charge in [0.25, 0.3) is 0 Å². The average molecular weight is 346 g/mol. The van der Waals surface area contributed by atoms with Gasteiger partial charge in [-0.25, -0.2) is 14.8 Å². The van der Waals surface area contributed by atoms with Gasteiger partial charge >= 0.3 is 6.03 Å². The van der Waals surface area contributed by atoms with Gasteiger partial charge in [0, 0.05) is 23.3 Å². The number of nitrogens with one attached hydrogen (secondary N) is 2. The second-order valence-corrected chi connectivity index (χ2v) is 7.01. The number of rotatable bonds is 6. The zero-order valence-electron chi connectivity index (χ0n) is 14.1. The molecule has 1 saturated carbocycles. The molecule has 2 heterocycles. The molecule has 2 aromatic heterocycles. The molecule has 1 aliphatic carbocycles. The molecular formula is C17H22N4O2S. The van der Waals surface area contributed by atoms with Gasteiger partial charge in [0.2, 0.25) is 5.88 Å². The number of ether oxygens (including phenoxy) is 1. The van der Waals surface area contributed by atoms with E-state index in [1.54, 1.807) is 24.6 Å². The van der Waals surface area contributed by atoms with Crippen LogP contribution in [0.1, 0.15) is 48.1 Å². The number of urea groups is 1. The molecule has 2 unspecified atom stereocenters. The van der Waals surface area contributed by atoms with Crippen LogP contribution in [0, 0.1) is 12.8 Å². The Kier molecular flexibility index (Phi) is 4.99. The summed E-state index contributed by atoms with van der Waals surface area (Å²) in [7, 11) is 1.59. The maximum Gasteiger partial charge on any atom is 0.315 e. The van der Waals surface area contributed by atoms with Crippen LogP contribution < -0.4 is 15.4 Å². The maximum absolute atomic E-state index is 12.4. The molecule has 2 N–H and O–H groups in total. The van der Waals surface area contributed by atoms with Gasteiger partial charge in [0.15, 0.2) is 0 Å². The summed E-state index contributed by atoms with van der Waals surface area (Å²) in [6, 6.07) is 3.47. The van der Waals surface area contributed by atoms with Crippen LogP contribution in [0.4, 0.5) is 4.79 Å². The number of nitrogens with zero attached hydrogens (tertiary/aromatic N) is 2. The summed E-state index contributed by atoms with van der Waals surface area (Å²) in [4.78, 5) is 21.0. The first-order chi connectivity index (χ1) is 11.6. The first kappa shape index (κ1) is 16.7. The minimum atomic E-state index is -0.178. The quantitative estimate of drug-likeness (QED) is 0.841. The van der Waals surface area contributed by atoms with Crippen molar-refractivity contribution < 1.29 is 9.53 Å². The summed E-state index contributed by atoms with van der Waals surface area (Å²) < 4.78 is 5.09. The fourth-order valence-electron chi connectivity index (χ4n) is 2.61. The third-order valence-corrected chi connectivity index (χ3v) is 5.21. The lowest BCUT2D eigenvalue weighted by atomic mass is 10.0. The first-order valence-electron chi connectivity index (χ1n) is 8.06. The monoisotopic (exact) mass is 346 g/mol. The number of hydrogen-bond acceptors (Lipinski definition) is 5.